The van der Waals surface area contributed by atoms with Crippen LogP contribution in [0.1, 0.15) is 17.0 Å². The first kappa shape index (κ1) is 21.3. The van der Waals surface area contributed by atoms with Crippen LogP contribution in [0, 0.1) is 13.7 Å². The highest BCUT2D eigenvalue weighted by Gasteiger charge is 2.21. The Hall–Kier alpha value is -3.41. The molecule has 0 amide bonds. The molecule has 3 rings (SSSR count). The molecule has 2 aromatic carbocycles. The van der Waals surface area contributed by atoms with Crippen molar-refractivity contribution in [2.75, 3.05) is 7.11 Å². The molecule has 0 fully saturated rings. The van der Waals surface area contributed by atoms with Crippen molar-refractivity contribution in [3.63, 3.8) is 0 Å². The number of methoxy groups -OCH3 is 1. The quantitative estimate of drug-likeness (QED) is 0.276. The summed E-state index contributed by atoms with van der Waals surface area (Å²) in [7, 11) is 1.53. The van der Waals surface area contributed by atoms with Crippen molar-refractivity contribution in [1.82, 2.24) is 9.97 Å². The Kier molecular flexibility index (Phi) is 6.67. The van der Waals surface area contributed by atoms with E-state index in [1.54, 1.807) is 12.1 Å². The fourth-order valence-electron chi connectivity index (χ4n) is 2.60. The maximum absolute atomic E-state index is 11.7. The lowest BCUT2D eigenvalue weighted by atomic mass is 10.2. The molecule has 0 aliphatic rings. The number of hydrogen-bond donors (Lipinski definition) is 2. The van der Waals surface area contributed by atoms with E-state index in [1.165, 1.54) is 13.2 Å². The van der Waals surface area contributed by atoms with E-state index in [0.717, 1.165) is 9.13 Å². The summed E-state index contributed by atoms with van der Waals surface area (Å²) < 4.78 is 12.2. The normalized spacial score (nSPS) is 10.9. The Balaban J connectivity index is 1.84. The Bertz CT molecular complexity index is 1160. The molecular weight excluding hydrogens is 505 g/mol. The van der Waals surface area contributed by atoms with Crippen molar-refractivity contribution in [3.05, 3.63) is 83.5 Å². The number of nitrogens with one attached hydrogen (secondary N) is 1. The van der Waals surface area contributed by atoms with Gasteiger partial charge in [0.1, 0.15) is 12.4 Å². The van der Waals surface area contributed by atoms with Gasteiger partial charge in [-0.2, -0.15) is 4.98 Å². The number of aromatic amines is 1. The van der Waals surface area contributed by atoms with Gasteiger partial charge in [0.15, 0.2) is 11.5 Å². The molecule has 0 saturated heterocycles. The predicted octanol–water partition coefficient (Wildman–Crippen LogP) is 3.75. The van der Waals surface area contributed by atoms with E-state index in [1.807, 2.05) is 36.4 Å². The zero-order valence-corrected chi connectivity index (χ0v) is 17.8. The number of halogens is 1. The predicted molar refractivity (Wildman–Crippen MR) is 119 cm³/mol. The Morgan fingerprint density at radius 3 is 2.63 bits per heavy atom. The molecule has 0 bridgehead atoms. The highest BCUT2D eigenvalue weighted by molar-refractivity contribution is 14.1. The molecule has 0 atom stereocenters. The lowest BCUT2D eigenvalue weighted by Crippen LogP contribution is -2.14. The summed E-state index contributed by atoms with van der Waals surface area (Å²) in [5, 5.41) is 20.4. The summed E-state index contributed by atoms with van der Waals surface area (Å²) in [4.78, 5) is 27.4. The second-order valence-electron chi connectivity index (χ2n) is 6.02. The smallest absolute Gasteiger partial charge is 0.395 e. The summed E-state index contributed by atoms with van der Waals surface area (Å²) in [6.07, 6.45) is 3.04. The first-order chi connectivity index (χ1) is 14.4. The number of hydrogen-bond acceptors (Lipinski definition) is 7. The van der Waals surface area contributed by atoms with Gasteiger partial charge in [-0.25, -0.2) is 0 Å². The molecule has 1 heterocycles. The molecule has 0 saturated carbocycles. The third kappa shape index (κ3) is 4.95. The molecule has 1 aromatic heterocycles. The molecular formula is C20H16IN3O6. The molecule has 154 valence electrons. The van der Waals surface area contributed by atoms with E-state index in [-0.39, 0.29) is 5.82 Å². The second kappa shape index (κ2) is 9.39. The van der Waals surface area contributed by atoms with E-state index in [4.69, 9.17) is 9.47 Å². The van der Waals surface area contributed by atoms with Crippen LogP contribution in [0.5, 0.6) is 17.4 Å². The van der Waals surface area contributed by atoms with Gasteiger partial charge in [-0.3, -0.25) is 14.9 Å². The largest absolute Gasteiger partial charge is 0.493 e. The molecule has 0 aliphatic carbocycles. The lowest BCUT2D eigenvalue weighted by molar-refractivity contribution is -0.387. The molecule has 0 unspecified atom stereocenters. The number of rotatable bonds is 7. The van der Waals surface area contributed by atoms with Crippen LogP contribution in [0.3, 0.4) is 0 Å². The van der Waals surface area contributed by atoms with Gasteiger partial charge in [0, 0.05) is 0 Å². The number of H-pyrrole nitrogens is 1. The maximum atomic E-state index is 11.7. The van der Waals surface area contributed by atoms with Crippen LogP contribution < -0.4 is 15.0 Å². The fraction of sp³-hybridized carbons (Fsp3) is 0.100. The molecule has 0 radical (unpaired) electrons. The molecule has 9 nitrogen and oxygen atoms in total. The van der Waals surface area contributed by atoms with Gasteiger partial charge >= 0.3 is 11.2 Å². The fourth-order valence-corrected chi connectivity index (χ4v) is 3.38. The van der Waals surface area contributed by atoms with Crippen LogP contribution in [0.2, 0.25) is 0 Å². The van der Waals surface area contributed by atoms with Crippen molar-refractivity contribution in [2.45, 2.75) is 6.61 Å². The van der Waals surface area contributed by atoms with E-state index in [9.17, 15) is 20.0 Å². The van der Waals surface area contributed by atoms with Crippen molar-refractivity contribution in [2.24, 2.45) is 0 Å². The number of aromatic hydroxyl groups is 1. The third-order valence-electron chi connectivity index (χ3n) is 3.99. The van der Waals surface area contributed by atoms with Gasteiger partial charge < -0.3 is 19.6 Å². The van der Waals surface area contributed by atoms with Crippen LogP contribution in [0.25, 0.3) is 12.2 Å². The van der Waals surface area contributed by atoms with Crippen molar-refractivity contribution < 1.29 is 19.5 Å². The van der Waals surface area contributed by atoms with Crippen LogP contribution in [-0.4, -0.2) is 27.1 Å². The number of benzene rings is 2. The number of aromatic nitrogens is 2. The van der Waals surface area contributed by atoms with E-state index in [0.29, 0.717) is 23.7 Å². The van der Waals surface area contributed by atoms with Gasteiger partial charge in [0.2, 0.25) is 0 Å². The zero-order chi connectivity index (χ0) is 21.7. The van der Waals surface area contributed by atoms with E-state index in [2.05, 4.69) is 32.6 Å². The van der Waals surface area contributed by atoms with Crippen LogP contribution in [-0.2, 0) is 6.61 Å². The summed E-state index contributed by atoms with van der Waals surface area (Å²) in [5.74, 6) is 0.144. The molecule has 10 heteroatoms. The average Bonchev–Trinajstić information content (AvgIpc) is 2.71. The van der Waals surface area contributed by atoms with E-state index < -0.39 is 22.0 Å². The number of ether oxygens (including phenoxy) is 2. The zero-order valence-electron chi connectivity index (χ0n) is 15.7. The highest BCUT2D eigenvalue weighted by Crippen LogP contribution is 2.35. The van der Waals surface area contributed by atoms with Gasteiger partial charge in [0.25, 0.3) is 5.88 Å². The SMILES string of the molecule is COc1cc(/C=C/c2nc(O)c([N+](=O)[O-])c(=O)[nH]2)cc(I)c1OCc1ccccc1. The summed E-state index contributed by atoms with van der Waals surface area (Å²) in [5.41, 5.74) is -0.302. The highest BCUT2D eigenvalue weighted by atomic mass is 127. The van der Waals surface area contributed by atoms with Crippen LogP contribution >= 0.6 is 22.6 Å². The first-order valence-electron chi connectivity index (χ1n) is 8.59. The summed E-state index contributed by atoms with van der Waals surface area (Å²) >= 11 is 2.13. The van der Waals surface area contributed by atoms with Gasteiger partial charge in [0.05, 0.1) is 15.6 Å². The van der Waals surface area contributed by atoms with Crippen molar-refractivity contribution >= 4 is 40.4 Å². The average molecular weight is 521 g/mol. The Morgan fingerprint density at radius 2 is 2.00 bits per heavy atom. The van der Waals surface area contributed by atoms with E-state index >= 15 is 0 Å². The first-order valence-corrected chi connectivity index (χ1v) is 9.67. The second-order valence-corrected chi connectivity index (χ2v) is 7.18. The van der Waals surface area contributed by atoms with Crippen LogP contribution in [0.15, 0.2) is 47.3 Å². The standard InChI is InChI=1S/C20H16IN3O6/c1-29-15-10-13(7-8-16-22-19(25)17(24(27)28)20(26)23-16)9-14(21)18(15)30-11-12-5-3-2-4-6-12/h2-10H,11H2,1H3,(H2,22,23,25,26)/b8-7+. The maximum Gasteiger partial charge on any atom is 0.395 e. The Morgan fingerprint density at radius 1 is 1.27 bits per heavy atom. The molecule has 30 heavy (non-hydrogen) atoms. The minimum atomic E-state index is -1.04. The van der Waals surface area contributed by atoms with Crippen molar-refractivity contribution in [1.29, 1.82) is 0 Å². The van der Waals surface area contributed by atoms with Gasteiger partial charge in [-0.05, 0) is 51.9 Å². The molecule has 2 N–H and O–H groups in total. The lowest BCUT2D eigenvalue weighted by Gasteiger charge is -2.13. The summed E-state index contributed by atoms with van der Waals surface area (Å²) in [6, 6.07) is 13.3. The Labute approximate surface area is 184 Å². The molecule has 0 aliphatic heterocycles. The third-order valence-corrected chi connectivity index (χ3v) is 4.79. The van der Waals surface area contributed by atoms with Gasteiger partial charge in [-0.1, -0.05) is 36.4 Å². The topological polar surface area (TPSA) is 128 Å². The van der Waals surface area contributed by atoms with Crippen molar-refractivity contribution in [3.8, 4) is 17.4 Å². The number of nitrogens with zero attached hydrogens (tertiary/aromatic N) is 2. The molecule has 0 spiro atoms. The minimum Gasteiger partial charge on any atom is -0.493 e. The van der Waals surface area contributed by atoms with Gasteiger partial charge in [-0.15, -0.1) is 0 Å². The molecule has 3 aromatic rings. The summed E-state index contributed by atoms with van der Waals surface area (Å²) in [6.45, 7) is 0.385. The minimum absolute atomic E-state index is 0.0264. The number of nitro groups is 1. The van der Waals surface area contributed by atoms with Crippen LogP contribution in [0.4, 0.5) is 5.69 Å². The monoisotopic (exact) mass is 521 g/mol.